The van der Waals surface area contributed by atoms with Gasteiger partial charge >= 0.3 is 0 Å². The highest BCUT2D eigenvalue weighted by molar-refractivity contribution is 6.06. The molecule has 0 aliphatic carbocycles. The summed E-state index contributed by atoms with van der Waals surface area (Å²) in [7, 11) is 1.42. The van der Waals surface area contributed by atoms with E-state index in [2.05, 4.69) is 10.3 Å². The first-order chi connectivity index (χ1) is 10.6. The Morgan fingerprint density at radius 2 is 2.09 bits per heavy atom. The van der Waals surface area contributed by atoms with Crippen LogP contribution in [0.4, 0.5) is 10.1 Å². The molecule has 0 saturated heterocycles. The van der Waals surface area contributed by atoms with Gasteiger partial charge in [-0.25, -0.2) is 9.37 Å². The maximum absolute atomic E-state index is 13.3. The van der Waals surface area contributed by atoms with E-state index in [0.717, 1.165) is 6.07 Å². The van der Waals surface area contributed by atoms with Gasteiger partial charge in [0.15, 0.2) is 11.5 Å². The van der Waals surface area contributed by atoms with Gasteiger partial charge in [-0.05, 0) is 30.3 Å². The number of hydrogen-bond donors (Lipinski definition) is 1. The fourth-order valence-electron chi connectivity index (χ4n) is 2.17. The summed E-state index contributed by atoms with van der Waals surface area (Å²) in [5, 5.41) is 2.69. The Bertz CT molecular complexity index is 858. The van der Waals surface area contributed by atoms with Crippen LogP contribution < -0.4 is 10.1 Å². The summed E-state index contributed by atoms with van der Waals surface area (Å²) in [6.45, 7) is 1.75. The number of hydrogen-bond acceptors (Lipinski definition) is 4. The Balaban J connectivity index is 1.90. The van der Waals surface area contributed by atoms with Crippen LogP contribution in [0.25, 0.3) is 11.1 Å². The van der Waals surface area contributed by atoms with Gasteiger partial charge in [0.1, 0.15) is 17.1 Å². The molecule has 6 heteroatoms. The van der Waals surface area contributed by atoms with E-state index in [1.807, 2.05) is 0 Å². The lowest BCUT2D eigenvalue weighted by Gasteiger charge is -2.09. The SMILES string of the molecule is COc1ccc(F)cc1C(=O)Nc1ccc2nc(C)oc2c1. The predicted molar refractivity (Wildman–Crippen MR) is 79.7 cm³/mol. The molecule has 0 spiro atoms. The maximum Gasteiger partial charge on any atom is 0.259 e. The smallest absolute Gasteiger partial charge is 0.259 e. The van der Waals surface area contributed by atoms with Crippen molar-refractivity contribution in [3.63, 3.8) is 0 Å². The standard InChI is InChI=1S/C16H13FN2O3/c1-9-18-13-5-4-11(8-15(13)22-9)19-16(20)12-7-10(17)3-6-14(12)21-2/h3-8H,1-2H3,(H,19,20). The van der Waals surface area contributed by atoms with Crippen molar-refractivity contribution in [2.45, 2.75) is 6.92 Å². The molecule has 1 amide bonds. The molecule has 0 radical (unpaired) electrons. The Morgan fingerprint density at radius 3 is 2.86 bits per heavy atom. The van der Waals surface area contributed by atoms with Crippen molar-refractivity contribution in [1.82, 2.24) is 4.98 Å². The van der Waals surface area contributed by atoms with Crippen molar-refractivity contribution < 1.29 is 18.3 Å². The number of methoxy groups -OCH3 is 1. The van der Waals surface area contributed by atoms with Gasteiger partial charge in [0, 0.05) is 18.7 Å². The summed E-state index contributed by atoms with van der Waals surface area (Å²) in [6.07, 6.45) is 0. The normalized spacial score (nSPS) is 10.7. The highest BCUT2D eigenvalue weighted by atomic mass is 19.1. The molecule has 3 aromatic rings. The van der Waals surface area contributed by atoms with E-state index >= 15 is 0 Å². The molecule has 22 heavy (non-hydrogen) atoms. The Morgan fingerprint density at radius 1 is 1.27 bits per heavy atom. The summed E-state index contributed by atoms with van der Waals surface area (Å²) in [4.78, 5) is 16.5. The number of nitrogens with zero attached hydrogens (tertiary/aromatic N) is 1. The van der Waals surface area contributed by atoms with Gasteiger partial charge in [-0.15, -0.1) is 0 Å². The van der Waals surface area contributed by atoms with Crippen molar-refractivity contribution in [2.75, 3.05) is 12.4 Å². The number of carbonyl (C=O) groups excluding carboxylic acids is 1. The third-order valence-corrected chi connectivity index (χ3v) is 3.16. The van der Waals surface area contributed by atoms with Gasteiger partial charge in [0.25, 0.3) is 5.91 Å². The van der Waals surface area contributed by atoms with Crippen molar-refractivity contribution >= 4 is 22.7 Å². The molecular weight excluding hydrogens is 287 g/mol. The number of rotatable bonds is 3. The van der Waals surface area contributed by atoms with Crippen LogP contribution >= 0.6 is 0 Å². The van der Waals surface area contributed by atoms with Crippen LogP contribution in [0.15, 0.2) is 40.8 Å². The molecule has 0 aliphatic rings. The number of halogens is 1. The molecule has 5 nitrogen and oxygen atoms in total. The van der Waals surface area contributed by atoms with Gasteiger partial charge in [-0.2, -0.15) is 0 Å². The van der Waals surface area contributed by atoms with Crippen LogP contribution in [0.5, 0.6) is 5.75 Å². The van der Waals surface area contributed by atoms with E-state index in [1.165, 1.54) is 19.2 Å². The van der Waals surface area contributed by atoms with E-state index in [4.69, 9.17) is 9.15 Å². The molecule has 0 saturated carbocycles. The number of amides is 1. The van der Waals surface area contributed by atoms with Crippen LogP contribution in [-0.2, 0) is 0 Å². The van der Waals surface area contributed by atoms with Gasteiger partial charge in [-0.3, -0.25) is 4.79 Å². The number of benzene rings is 2. The quantitative estimate of drug-likeness (QED) is 0.803. The van der Waals surface area contributed by atoms with Crippen LogP contribution in [-0.4, -0.2) is 18.0 Å². The highest BCUT2D eigenvalue weighted by Crippen LogP contribution is 2.23. The topological polar surface area (TPSA) is 64.4 Å². The summed E-state index contributed by atoms with van der Waals surface area (Å²) in [6, 6.07) is 8.88. The molecule has 1 N–H and O–H groups in total. The Hall–Kier alpha value is -2.89. The van der Waals surface area contributed by atoms with Crippen LogP contribution in [0.1, 0.15) is 16.2 Å². The molecule has 3 rings (SSSR count). The number of anilines is 1. The van der Waals surface area contributed by atoms with Crippen LogP contribution in [0.3, 0.4) is 0 Å². The highest BCUT2D eigenvalue weighted by Gasteiger charge is 2.14. The summed E-state index contributed by atoms with van der Waals surface area (Å²) >= 11 is 0. The first-order valence-electron chi connectivity index (χ1n) is 6.59. The minimum atomic E-state index is -0.507. The van der Waals surface area contributed by atoms with Crippen molar-refractivity contribution in [3.8, 4) is 5.75 Å². The van der Waals surface area contributed by atoms with Crippen LogP contribution in [0, 0.1) is 12.7 Å². The summed E-state index contributed by atoms with van der Waals surface area (Å²) < 4.78 is 23.8. The molecule has 1 heterocycles. The second kappa shape index (κ2) is 5.48. The average molecular weight is 300 g/mol. The third-order valence-electron chi connectivity index (χ3n) is 3.16. The largest absolute Gasteiger partial charge is 0.496 e. The lowest BCUT2D eigenvalue weighted by atomic mass is 10.1. The van der Waals surface area contributed by atoms with Crippen molar-refractivity contribution in [2.24, 2.45) is 0 Å². The number of ether oxygens (including phenoxy) is 1. The molecule has 0 atom stereocenters. The molecule has 2 aromatic carbocycles. The van der Waals surface area contributed by atoms with Crippen molar-refractivity contribution in [1.29, 1.82) is 0 Å². The fourth-order valence-corrected chi connectivity index (χ4v) is 2.17. The van der Waals surface area contributed by atoms with E-state index in [-0.39, 0.29) is 5.56 Å². The monoisotopic (exact) mass is 300 g/mol. The average Bonchev–Trinajstić information content (AvgIpc) is 2.86. The maximum atomic E-state index is 13.3. The van der Waals surface area contributed by atoms with E-state index in [9.17, 15) is 9.18 Å². The summed E-state index contributed by atoms with van der Waals surface area (Å²) in [5.74, 6) is -0.125. The zero-order valence-electron chi connectivity index (χ0n) is 12.0. The third kappa shape index (κ3) is 2.63. The lowest BCUT2D eigenvalue weighted by molar-refractivity contribution is 0.102. The first-order valence-corrected chi connectivity index (χ1v) is 6.59. The number of nitrogens with one attached hydrogen (secondary N) is 1. The van der Waals surface area contributed by atoms with Gasteiger partial charge in [-0.1, -0.05) is 0 Å². The zero-order valence-corrected chi connectivity index (χ0v) is 12.0. The van der Waals surface area contributed by atoms with Crippen molar-refractivity contribution in [3.05, 3.63) is 53.7 Å². The molecule has 0 aliphatic heterocycles. The number of carbonyl (C=O) groups is 1. The second-order valence-electron chi connectivity index (χ2n) is 4.71. The molecule has 0 unspecified atom stereocenters. The van der Waals surface area contributed by atoms with Crippen LogP contribution in [0.2, 0.25) is 0 Å². The molecule has 1 aromatic heterocycles. The van der Waals surface area contributed by atoms with E-state index < -0.39 is 11.7 Å². The molecule has 0 fully saturated rings. The lowest BCUT2D eigenvalue weighted by Crippen LogP contribution is -2.13. The molecule has 0 bridgehead atoms. The number of oxazole rings is 1. The van der Waals surface area contributed by atoms with E-state index in [0.29, 0.717) is 28.4 Å². The Labute approximate surface area is 125 Å². The van der Waals surface area contributed by atoms with Gasteiger partial charge in [0.2, 0.25) is 0 Å². The number of aryl methyl sites for hydroxylation is 1. The minimum Gasteiger partial charge on any atom is -0.496 e. The predicted octanol–water partition coefficient (Wildman–Crippen LogP) is 3.54. The fraction of sp³-hybridized carbons (Fsp3) is 0.125. The minimum absolute atomic E-state index is 0.122. The summed E-state index contributed by atoms with van der Waals surface area (Å²) in [5.41, 5.74) is 1.93. The number of fused-ring (bicyclic) bond motifs is 1. The molecule has 112 valence electrons. The van der Waals surface area contributed by atoms with Gasteiger partial charge < -0.3 is 14.5 Å². The van der Waals surface area contributed by atoms with Gasteiger partial charge in [0.05, 0.1) is 12.7 Å². The second-order valence-corrected chi connectivity index (χ2v) is 4.71. The first kappa shape index (κ1) is 14.1. The molecular formula is C16H13FN2O3. The van der Waals surface area contributed by atoms with E-state index in [1.54, 1.807) is 25.1 Å². The number of aromatic nitrogens is 1. The Kier molecular flexibility index (Phi) is 3.50. The zero-order chi connectivity index (χ0) is 15.7.